The lowest BCUT2D eigenvalue weighted by Gasteiger charge is -2.20. The zero-order valence-corrected chi connectivity index (χ0v) is 19.5. The molecule has 4 aromatic rings. The monoisotopic (exact) mass is 446 g/mol. The number of thioether (sulfide) groups is 1. The molecule has 0 aliphatic carbocycles. The number of fused-ring (bicyclic) bond motifs is 1. The lowest BCUT2D eigenvalue weighted by Crippen LogP contribution is -2.31. The van der Waals surface area contributed by atoms with E-state index in [2.05, 4.69) is 68.4 Å². The smallest absolute Gasteiger partial charge is 0.233 e. The van der Waals surface area contributed by atoms with Crippen LogP contribution in [-0.4, -0.2) is 16.6 Å². The van der Waals surface area contributed by atoms with E-state index in [4.69, 9.17) is 4.98 Å². The van der Waals surface area contributed by atoms with Gasteiger partial charge in [-0.3, -0.25) is 9.69 Å². The number of rotatable bonds is 8. The van der Waals surface area contributed by atoms with Gasteiger partial charge in [-0.1, -0.05) is 73.7 Å². The van der Waals surface area contributed by atoms with Gasteiger partial charge < -0.3 is 0 Å². The maximum Gasteiger partial charge on any atom is 0.233 e. The van der Waals surface area contributed by atoms with E-state index in [1.165, 1.54) is 10.5 Å². The van der Waals surface area contributed by atoms with Gasteiger partial charge in [0.2, 0.25) is 5.91 Å². The number of thiazole rings is 1. The molecule has 1 aromatic heterocycles. The summed E-state index contributed by atoms with van der Waals surface area (Å²) in [5, 5.41) is 0.760. The molecule has 0 atom stereocenters. The standard InChI is InChI=1S/C26H26N2OS2/c1-3-19-12-15-23-24(16-19)31-26(27-23)28(18-21-8-6-5-7-9-21)25(29)17-20-10-13-22(14-11-20)30-4-2/h5-16H,3-4,17-18H2,1-2H3. The Morgan fingerprint density at radius 2 is 1.68 bits per heavy atom. The Labute approximate surface area is 192 Å². The number of aromatic nitrogens is 1. The van der Waals surface area contributed by atoms with Crippen LogP contribution in [0.4, 0.5) is 5.13 Å². The fourth-order valence-corrected chi connectivity index (χ4v) is 5.17. The van der Waals surface area contributed by atoms with Crippen LogP contribution in [0.15, 0.2) is 77.7 Å². The van der Waals surface area contributed by atoms with Crippen molar-refractivity contribution in [2.24, 2.45) is 0 Å². The second-order valence-corrected chi connectivity index (χ2v) is 9.72. The van der Waals surface area contributed by atoms with E-state index >= 15 is 0 Å². The third-order valence-corrected chi connectivity index (χ3v) is 7.09. The summed E-state index contributed by atoms with van der Waals surface area (Å²) < 4.78 is 1.13. The number of amides is 1. The number of carbonyl (C=O) groups excluding carboxylic acids is 1. The summed E-state index contributed by atoms with van der Waals surface area (Å²) in [7, 11) is 0. The first-order valence-corrected chi connectivity index (χ1v) is 12.4. The van der Waals surface area contributed by atoms with Crippen LogP contribution >= 0.6 is 23.1 Å². The highest BCUT2D eigenvalue weighted by Gasteiger charge is 2.20. The van der Waals surface area contributed by atoms with Gasteiger partial charge in [-0.2, -0.15) is 0 Å². The lowest BCUT2D eigenvalue weighted by atomic mass is 10.1. The molecule has 0 aliphatic heterocycles. The van der Waals surface area contributed by atoms with Crippen molar-refractivity contribution in [1.82, 2.24) is 4.98 Å². The minimum atomic E-state index is 0.0644. The average Bonchev–Trinajstić information content (AvgIpc) is 3.22. The fraction of sp³-hybridized carbons (Fsp3) is 0.231. The van der Waals surface area contributed by atoms with Crippen molar-refractivity contribution in [1.29, 1.82) is 0 Å². The number of nitrogens with zero attached hydrogens (tertiary/aromatic N) is 2. The molecule has 1 heterocycles. The highest BCUT2D eigenvalue weighted by Crippen LogP contribution is 2.31. The average molecular weight is 447 g/mol. The molecule has 0 unspecified atom stereocenters. The molecule has 31 heavy (non-hydrogen) atoms. The number of carbonyl (C=O) groups is 1. The Balaban J connectivity index is 1.62. The highest BCUT2D eigenvalue weighted by molar-refractivity contribution is 7.99. The van der Waals surface area contributed by atoms with Crippen LogP contribution in [0.5, 0.6) is 0 Å². The highest BCUT2D eigenvalue weighted by atomic mass is 32.2. The number of hydrogen-bond acceptors (Lipinski definition) is 4. The zero-order valence-electron chi connectivity index (χ0n) is 17.9. The lowest BCUT2D eigenvalue weighted by molar-refractivity contribution is -0.118. The van der Waals surface area contributed by atoms with Gasteiger partial charge in [0.05, 0.1) is 23.2 Å². The van der Waals surface area contributed by atoms with Crippen molar-refractivity contribution in [2.45, 2.75) is 38.1 Å². The molecule has 0 bridgehead atoms. The number of aryl methyl sites for hydroxylation is 1. The van der Waals surface area contributed by atoms with Crippen LogP contribution in [0, 0.1) is 0 Å². The maximum atomic E-state index is 13.4. The molecule has 3 nitrogen and oxygen atoms in total. The van der Waals surface area contributed by atoms with Gasteiger partial charge in [-0.05, 0) is 53.1 Å². The predicted molar refractivity (Wildman–Crippen MR) is 133 cm³/mol. The summed E-state index contributed by atoms with van der Waals surface area (Å²) in [6.45, 7) is 4.81. The van der Waals surface area contributed by atoms with Crippen LogP contribution in [0.1, 0.15) is 30.5 Å². The Morgan fingerprint density at radius 1 is 0.935 bits per heavy atom. The molecule has 4 rings (SSSR count). The van der Waals surface area contributed by atoms with Gasteiger partial charge in [0.25, 0.3) is 0 Å². The van der Waals surface area contributed by atoms with Crippen molar-refractivity contribution < 1.29 is 4.79 Å². The Kier molecular flexibility index (Phi) is 7.05. The SMILES string of the molecule is CCSc1ccc(CC(=O)N(Cc2ccccc2)c2nc3ccc(CC)cc3s2)cc1. The molecule has 1 amide bonds. The molecule has 0 aliphatic rings. The minimum absolute atomic E-state index is 0.0644. The van der Waals surface area contributed by atoms with Crippen LogP contribution in [0.25, 0.3) is 10.2 Å². The topological polar surface area (TPSA) is 33.2 Å². The van der Waals surface area contributed by atoms with Crippen molar-refractivity contribution in [3.63, 3.8) is 0 Å². The second-order valence-electron chi connectivity index (χ2n) is 7.37. The van der Waals surface area contributed by atoms with Crippen LogP contribution in [-0.2, 0) is 24.2 Å². The third-order valence-electron chi connectivity index (χ3n) is 5.15. The molecule has 3 aromatic carbocycles. The van der Waals surface area contributed by atoms with E-state index in [0.717, 1.165) is 38.6 Å². The molecule has 0 saturated carbocycles. The van der Waals surface area contributed by atoms with E-state index in [0.29, 0.717) is 13.0 Å². The molecule has 0 radical (unpaired) electrons. The van der Waals surface area contributed by atoms with E-state index < -0.39 is 0 Å². The Morgan fingerprint density at radius 3 is 2.39 bits per heavy atom. The molecular formula is C26H26N2OS2. The van der Waals surface area contributed by atoms with Gasteiger partial charge in [0.15, 0.2) is 5.13 Å². The first-order chi connectivity index (χ1) is 15.2. The van der Waals surface area contributed by atoms with Crippen LogP contribution < -0.4 is 4.90 Å². The molecule has 0 N–H and O–H groups in total. The van der Waals surface area contributed by atoms with Crippen LogP contribution in [0.3, 0.4) is 0 Å². The summed E-state index contributed by atoms with van der Waals surface area (Å²) in [5.41, 5.74) is 4.36. The Hall–Kier alpha value is -2.63. The van der Waals surface area contributed by atoms with E-state index in [-0.39, 0.29) is 5.91 Å². The van der Waals surface area contributed by atoms with E-state index in [1.807, 2.05) is 34.9 Å². The van der Waals surface area contributed by atoms with Crippen molar-refractivity contribution >= 4 is 44.4 Å². The van der Waals surface area contributed by atoms with Crippen molar-refractivity contribution in [3.05, 3.63) is 89.5 Å². The van der Waals surface area contributed by atoms with Crippen molar-refractivity contribution in [3.8, 4) is 0 Å². The molecule has 0 spiro atoms. The zero-order chi connectivity index (χ0) is 21.6. The molecular weight excluding hydrogens is 420 g/mol. The van der Waals surface area contributed by atoms with Gasteiger partial charge >= 0.3 is 0 Å². The fourth-order valence-electron chi connectivity index (χ4n) is 3.46. The summed E-state index contributed by atoms with van der Waals surface area (Å²) in [6, 6.07) is 24.8. The number of hydrogen-bond donors (Lipinski definition) is 0. The van der Waals surface area contributed by atoms with Gasteiger partial charge in [0, 0.05) is 4.90 Å². The summed E-state index contributed by atoms with van der Waals surface area (Å²) in [4.78, 5) is 21.3. The maximum absolute atomic E-state index is 13.4. The second kappa shape index (κ2) is 10.1. The van der Waals surface area contributed by atoms with Crippen LogP contribution in [0.2, 0.25) is 0 Å². The van der Waals surface area contributed by atoms with Gasteiger partial charge in [-0.25, -0.2) is 4.98 Å². The first-order valence-electron chi connectivity index (χ1n) is 10.6. The summed E-state index contributed by atoms with van der Waals surface area (Å²) in [5.74, 6) is 1.11. The molecule has 0 fully saturated rings. The predicted octanol–water partition coefficient (Wildman–Crippen LogP) is 6.75. The number of benzene rings is 3. The van der Waals surface area contributed by atoms with E-state index in [9.17, 15) is 4.79 Å². The van der Waals surface area contributed by atoms with Crippen molar-refractivity contribution in [2.75, 3.05) is 10.7 Å². The largest absolute Gasteiger partial charge is 0.283 e. The number of anilines is 1. The quantitative estimate of drug-likeness (QED) is 0.281. The molecule has 158 valence electrons. The summed E-state index contributed by atoms with van der Waals surface area (Å²) >= 11 is 3.40. The Bertz CT molecular complexity index is 1150. The van der Waals surface area contributed by atoms with E-state index in [1.54, 1.807) is 11.3 Å². The minimum Gasteiger partial charge on any atom is -0.283 e. The normalized spacial score (nSPS) is 11.0. The molecule has 0 saturated heterocycles. The summed E-state index contributed by atoms with van der Waals surface area (Å²) in [6.07, 6.45) is 1.35. The molecule has 5 heteroatoms. The van der Waals surface area contributed by atoms with Gasteiger partial charge in [0.1, 0.15) is 0 Å². The van der Waals surface area contributed by atoms with Gasteiger partial charge in [-0.15, -0.1) is 11.8 Å². The first kappa shape index (κ1) is 21.6. The third kappa shape index (κ3) is 5.35.